The summed E-state index contributed by atoms with van der Waals surface area (Å²) in [6, 6.07) is 12.1. The fourth-order valence-corrected chi connectivity index (χ4v) is 5.19. The molecule has 1 N–H and O–H groups in total. The van der Waals surface area contributed by atoms with Crippen molar-refractivity contribution >= 4 is 17.4 Å². The smallest absolute Gasteiger partial charge is 0.295 e. The third-order valence-corrected chi connectivity index (χ3v) is 7.53. The molecule has 222 valence electrons. The number of benzene rings is 2. The van der Waals surface area contributed by atoms with Gasteiger partial charge in [-0.1, -0.05) is 45.7 Å². The van der Waals surface area contributed by atoms with E-state index in [1.54, 1.807) is 23.1 Å². The van der Waals surface area contributed by atoms with E-state index in [1.165, 1.54) is 0 Å². The van der Waals surface area contributed by atoms with Gasteiger partial charge in [-0.2, -0.15) is 0 Å². The largest absolute Gasteiger partial charge is 0.507 e. The third kappa shape index (κ3) is 7.68. The minimum Gasteiger partial charge on any atom is -0.507 e. The highest BCUT2D eigenvalue weighted by Crippen LogP contribution is 2.40. The van der Waals surface area contributed by atoms with Crippen molar-refractivity contribution < 1.29 is 28.9 Å². The lowest BCUT2D eigenvalue weighted by Gasteiger charge is -2.31. The third-order valence-electron chi connectivity index (χ3n) is 7.53. The predicted molar refractivity (Wildman–Crippen MR) is 159 cm³/mol. The Labute approximate surface area is 243 Å². The number of Topliss-reactive ketones (excluding diaryl/α,β-unsaturated/α-hetero) is 1. The molecule has 2 aromatic rings. The molecule has 0 spiro atoms. The number of nitrogens with zero attached hydrogens (tertiary/aromatic N) is 2. The van der Waals surface area contributed by atoms with Crippen molar-refractivity contribution in [3.8, 4) is 11.5 Å². The molecule has 2 aliphatic heterocycles. The van der Waals surface area contributed by atoms with E-state index in [2.05, 4.69) is 25.7 Å². The van der Waals surface area contributed by atoms with Crippen LogP contribution in [0.2, 0.25) is 0 Å². The quantitative estimate of drug-likeness (QED) is 0.152. The number of rotatable bonds is 13. The Bertz CT molecular complexity index is 1220. The number of hydrogen-bond donors (Lipinski definition) is 1. The van der Waals surface area contributed by atoms with Gasteiger partial charge in [0.05, 0.1) is 38.0 Å². The molecule has 8 heteroatoms. The van der Waals surface area contributed by atoms with Gasteiger partial charge in [-0.3, -0.25) is 14.5 Å². The van der Waals surface area contributed by atoms with E-state index in [0.29, 0.717) is 51.0 Å². The predicted octanol–water partition coefficient (Wildman–Crippen LogP) is 5.35. The van der Waals surface area contributed by atoms with E-state index in [4.69, 9.17) is 14.2 Å². The molecular weight excluding hydrogens is 520 g/mol. The second-order valence-electron chi connectivity index (χ2n) is 11.3. The molecule has 2 heterocycles. The number of ether oxygens (including phenoxy) is 3. The second-order valence-corrected chi connectivity index (χ2v) is 11.3. The van der Waals surface area contributed by atoms with Crippen LogP contribution >= 0.6 is 0 Å². The van der Waals surface area contributed by atoms with E-state index < -0.39 is 17.7 Å². The van der Waals surface area contributed by atoms with E-state index in [9.17, 15) is 14.7 Å². The van der Waals surface area contributed by atoms with Crippen molar-refractivity contribution in [3.05, 3.63) is 64.7 Å². The lowest BCUT2D eigenvalue weighted by molar-refractivity contribution is -0.140. The minimum atomic E-state index is -0.706. The fraction of sp³-hybridized carbons (Fsp3) is 0.515. The number of amides is 1. The fourth-order valence-electron chi connectivity index (χ4n) is 5.19. The molecule has 2 aliphatic rings. The Hall–Kier alpha value is -3.36. The average molecular weight is 565 g/mol. The Kier molecular flexibility index (Phi) is 10.8. The Morgan fingerprint density at radius 2 is 1.76 bits per heavy atom. The molecule has 2 fully saturated rings. The maximum atomic E-state index is 13.5. The van der Waals surface area contributed by atoms with Crippen LogP contribution in [-0.2, 0) is 14.3 Å². The number of ketones is 1. The maximum Gasteiger partial charge on any atom is 0.295 e. The topological polar surface area (TPSA) is 88.5 Å². The number of unbranched alkanes of at least 4 members (excludes halogenated alkanes) is 2. The molecule has 0 radical (unpaired) electrons. The molecule has 0 saturated carbocycles. The standard InChI is InChI=1S/C33H44N2O6/c1-5-6-7-18-40-27-11-8-25(9-12-27)30-29(31(36)26-10-13-28(24(4)21-26)41-22-23(2)3)32(37)33(38)35(30)15-14-34-16-19-39-20-17-34/h8-13,21,23,30,36H,5-7,14-20,22H2,1-4H3. The van der Waals surface area contributed by atoms with Crippen LogP contribution in [0.5, 0.6) is 11.5 Å². The molecule has 1 atom stereocenters. The number of morpholine rings is 1. The lowest BCUT2D eigenvalue weighted by atomic mass is 9.94. The van der Waals surface area contributed by atoms with Gasteiger partial charge in [-0.05, 0) is 60.7 Å². The van der Waals surface area contributed by atoms with Crippen molar-refractivity contribution in [2.75, 3.05) is 52.6 Å². The summed E-state index contributed by atoms with van der Waals surface area (Å²) in [5, 5.41) is 11.5. The maximum absolute atomic E-state index is 13.5. The first-order valence-electron chi connectivity index (χ1n) is 14.8. The van der Waals surface area contributed by atoms with E-state index >= 15 is 0 Å². The second kappa shape index (κ2) is 14.5. The number of carbonyl (C=O) groups is 2. The summed E-state index contributed by atoms with van der Waals surface area (Å²) in [4.78, 5) is 30.7. The molecule has 0 bridgehead atoms. The zero-order valence-electron chi connectivity index (χ0n) is 24.9. The van der Waals surface area contributed by atoms with Gasteiger partial charge in [-0.25, -0.2) is 0 Å². The van der Waals surface area contributed by atoms with Crippen LogP contribution in [0.4, 0.5) is 0 Å². The molecule has 4 rings (SSSR count). The van der Waals surface area contributed by atoms with E-state index in [0.717, 1.165) is 55.0 Å². The average Bonchev–Trinajstić information content (AvgIpc) is 3.23. The van der Waals surface area contributed by atoms with Crippen LogP contribution in [0.3, 0.4) is 0 Å². The van der Waals surface area contributed by atoms with Gasteiger partial charge in [0.15, 0.2) is 0 Å². The number of likely N-dealkylation sites (tertiary alicyclic amines) is 1. The summed E-state index contributed by atoms with van der Waals surface area (Å²) >= 11 is 0. The van der Waals surface area contributed by atoms with Crippen LogP contribution in [0.25, 0.3) is 5.76 Å². The highest BCUT2D eigenvalue weighted by Gasteiger charge is 2.46. The number of aryl methyl sites for hydroxylation is 1. The summed E-state index contributed by atoms with van der Waals surface area (Å²) in [6.45, 7) is 13.3. The van der Waals surface area contributed by atoms with Crippen LogP contribution < -0.4 is 9.47 Å². The SMILES string of the molecule is CCCCCOc1ccc(C2C(=C(O)c3ccc(OCC(C)C)c(C)c3)C(=O)C(=O)N2CCN2CCOCC2)cc1. The first kappa shape index (κ1) is 30.6. The Morgan fingerprint density at radius 1 is 1.02 bits per heavy atom. The number of aliphatic hydroxyl groups is 1. The first-order chi connectivity index (χ1) is 19.8. The van der Waals surface area contributed by atoms with Crippen molar-refractivity contribution in [1.29, 1.82) is 0 Å². The Balaban J connectivity index is 1.65. The van der Waals surface area contributed by atoms with Crippen LogP contribution in [-0.4, -0.2) is 79.2 Å². The van der Waals surface area contributed by atoms with Gasteiger partial charge in [0, 0.05) is 31.7 Å². The number of hydrogen-bond acceptors (Lipinski definition) is 7. The summed E-state index contributed by atoms with van der Waals surface area (Å²) in [6.07, 6.45) is 3.22. The molecule has 2 aromatic carbocycles. The molecule has 2 saturated heterocycles. The van der Waals surface area contributed by atoms with E-state index in [-0.39, 0.29) is 11.3 Å². The Morgan fingerprint density at radius 3 is 2.41 bits per heavy atom. The van der Waals surface area contributed by atoms with Crippen LogP contribution in [0.15, 0.2) is 48.0 Å². The van der Waals surface area contributed by atoms with Gasteiger partial charge in [0.1, 0.15) is 17.3 Å². The van der Waals surface area contributed by atoms with Gasteiger partial charge in [0.2, 0.25) is 0 Å². The van der Waals surface area contributed by atoms with Crippen LogP contribution in [0, 0.1) is 12.8 Å². The van der Waals surface area contributed by atoms with Gasteiger partial charge in [-0.15, -0.1) is 0 Å². The van der Waals surface area contributed by atoms with Crippen molar-refractivity contribution in [3.63, 3.8) is 0 Å². The molecule has 8 nitrogen and oxygen atoms in total. The number of carbonyl (C=O) groups excluding carboxylic acids is 2. The molecular formula is C33H44N2O6. The summed E-state index contributed by atoms with van der Waals surface area (Å²) < 4.78 is 17.2. The first-order valence-corrected chi connectivity index (χ1v) is 14.8. The van der Waals surface area contributed by atoms with Crippen molar-refractivity contribution in [2.24, 2.45) is 5.92 Å². The molecule has 1 amide bonds. The highest BCUT2D eigenvalue weighted by atomic mass is 16.5. The van der Waals surface area contributed by atoms with Crippen LogP contribution in [0.1, 0.15) is 62.8 Å². The summed E-state index contributed by atoms with van der Waals surface area (Å²) in [5.41, 5.74) is 2.18. The molecule has 0 aliphatic carbocycles. The zero-order chi connectivity index (χ0) is 29.4. The van der Waals surface area contributed by atoms with Gasteiger partial charge >= 0.3 is 0 Å². The monoisotopic (exact) mass is 564 g/mol. The molecule has 41 heavy (non-hydrogen) atoms. The van der Waals surface area contributed by atoms with Crippen molar-refractivity contribution in [2.45, 2.75) is 53.0 Å². The zero-order valence-corrected chi connectivity index (χ0v) is 24.9. The van der Waals surface area contributed by atoms with Crippen molar-refractivity contribution in [1.82, 2.24) is 9.80 Å². The minimum absolute atomic E-state index is 0.101. The highest BCUT2D eigenvalue weighted by molar-refractivity contribution is 6.46. The summed E-state index contributed by atoms with van der Waals surface area (Å²) in [7, 11) is 0. The normalized spacial score (nSPS) is 19.2. The van der Waals surface area contributed by atoms with Gasteiger partial charge in [0.25, 0.3) is 11.7 Å². The number of aliphatic hydroxyl groups excluding tert-OH is 1. The lowest BCUT2D eigenvalue weighted by Crippen LogP contribution is -2.42. The van der Waals surface area contributed by atoms with E-state index in [1.807, 2.05) is 31.2 Å². The molecule has 0 aromatic heterocycles. The summed E-state index contributed by atoms with van der Waals surface area (Å²) in [5.74, 6) is 0.394. The van der Waals surface area contributed by atoms with Gasteiger partial charge < -0.3 is 24.2 Å². The molecule has 1 unspecified atom stereocenters.